The van der Waals surface area contributed by atoms with E-state index in [1.165, 1.54) is 75.9 Å². The van der Waals surface area contributed by atoms with E-state index in [2.05, 4.69) is 90.7 Å². The first-order valence-corrected chi connectivity index (χ1v) is 19.5. The zero-order valence-electron chi connectivity index (χ0n) is 31.8. The van der Waals surface area contributed by atoms with Crippen LogP contribution >= 0.6 is 0 Å². The van der Waals surface area contributed by atoms with Crippen LogP contribution in [0, 0.1) is 23.2 Å². The maximum Gasteiger partial charge on any atom is 0.246 e. The highest BCUT2D eigenvalue weighted by molar-refractivity contribution is 5.93. The van der Waals surface area contributed by atoms with Gasteiger partial charge in [-0.25, -0.2) is 0 Å². The van der Waals surface area contributed by atoms with Gasteiger partial charge in [-0.15, -0.1) is 0 Å². The number of hydrogen-bond acceptors (Lipinski definition) is 4. The molecule has 0 aromatic rings. The first kappa shape index (κ1) is 38.0. The number of nitrogens with zero attached hydrogens (tertiary/aromatic N) is 2. The Hall–Kier alpha value is -3.22. The molecule has 4 aliphatic heterocycles. The molecular weight excluding hydrogens is 617 g/mol. The largest absolute Gasteiger partial charge is 0.352 e. The molecule has 50 heavy (non-hydrogen) atoms. The minimum absolute atomic E-state index is 0.0132. The van der Waals surface area contributed by atoms with Gasteiger partial charge >= 0.3 is 0 Å². The Morgan fingerprint density at radius 3 is 1.86 bits per heavy atom. The molecule has 6 nitrogen and oxygen atoms in total. The van der Waals surface area contributed by atoms with Gasteiger partial charge in [0.05, 0.1) is 0 Å². The van der Waals surface area contributed by atoms with Crippen LogP contribution in [0.15, 0.2) is 94.7 Å². The lowest BCUT2D eigenvalue weighted by atomic mass is 9.68. The van der Waals surface area contributed by atoms with Crippen molar-refractivity contribution in [3.63, 3.8) is 0 Å². The third-order valence-electron chi connectivity index (χ3n) is 12.2. The summed E-state index contributed by atoms with van der Waals surface area (Å²) in [6.07, 6.45) is 33.3. The first-order valence-electron chi connectivity index (χ1n) is 19.5. The van der Waals surface area contributed by atoms with Crippen LogP contribution in [0.4, 0.5) is 0 Å². The van der Waals surface area contributed by atoms with Crippen LogP contribution in [0.3, 0.4) is 0 Å². The predicted octanol–water partition coefficient (Wildman–Crippen LogP) is 8.00. The van der Waals surface area contributed by atoms with Gasteiger partial charge in [-0.2, -0.15) is 0 Å². The van der Waals surface area contributed by atoms with Gasteiger partial charge in [0.2, 0.25) is 11.8 Å². The zero-order valence-corrected chi connectivity index (χ0v) is 31.8. The molecule has 2 N–H and O–H groups in total. The molecule has 6 heteroatoms. The van der Waals surface area contributed by atoms with E-state index in [9.17, 15) is 9.59 Å². The Morgan fingerprint density at radius 2 is 1.30 bits per heavy atom. The molecule has 0 saturated carbocycles. The molecule has 1 aliphatic carbocycles. The van der Waals surface area contributed by atoms with Crippen molar-refractivity contribution in [2.45, 2.75) is 105 Å². The monoisotopic (exact) mass is 681 g/mol. The van der Waals surface area contributed by atoms with Crippen molar-refractivity contribution in [2.75, 3.05) is 39.3 Å². The maximum absolute atomic E-state index is 12.8. The summed E-state index contributed by atoms with van der Waals surface area (Å²) in [5, 5.41) is 6.38. The molecule has 4 saturated heterocycles. The summed E-state index contributed by atoms with van der Waals surface area (Å²) in [6.45, 7) is 19.0. The van der Waals surface area contributed by atoms with E-state index in [0.717, 1.165) is 42.7 Å². The van der Waals surface area contributed by atoms with E-state index in [1.807, 2.05) is 38.2 Å². The lowest BCUT2D eigenvalue weighted by Crippen LogP contribution is -2.35. The van der Waals surface area contributed by atoms with Crippen molar-refractivity contribution in [3.8, 4) is 0 Å². The molecule has 0 aromatic heterocycles. The fraction of sp³-hybridized carbons (Fsp3) is 0.591. The molecule has 4 fully saturated rings. The third-order valence-corrected chi connectivity index (χ3v) is 12.2. The number of allylic oxidation sites excluding steroid dienone is 14. The summed E-state index contributed by atoms with van der Waals surface area (Å²) in [6, 6.07) is 1.34. The second kappa shape index (κ2) is 17.8. The fourth-order valence-electron chi connectivity index (χ4n) is 8.88. The molecule has 6 atom stereocenters. The molecule has 5 aliphatic rings. The summed E-state index contributed by atoms with van der Waals surface area (Å²) in [5.41, 5.74) is 5.29. The summed E-state index contributed by atoms with van der Waals surface area (Å²) < 4.78 is 0. The van der Waals surface area contributed by atoms with Crippen molar-refractivity contribution in [3.05, 3.63) is 94.7 Å². The SMILES string of the molecule is CC(C=CC=C(C)C(=O)NCC1CCN2CCCC12)=CC=CC1(C)CCC(C)=CC1C=C(C)C=CC=C(C)C(=O)NCC1CCN2CCCC12. The number of carbonyl (C=O) groups excluding carboxylic acids is 2. The fourth-order valence-corrected chi connectivity index (χ4v) is 8.88. The molecule has 272 valence electrons. The Labute approximate surface area is 303 Å². The number of nitrogens with one attached hydrogen (secondary N) is 2. The Morgan fingerprint density at radius 1 is 0.760 bits per heavy atom. The number of carbonyl (C=O) groups is 2. The zero-order chi connectivity index (χ0) is 35.7. The average molecular weight is 681 g/mol. The second-order valence-corrected chi connectivity index (χ2v) is 16.2. The van der Waals surface area contributed by atoms with E-state index in [4.69, 9.17) is 0 Å². The van der Waals surface area contributed by atoms with Crippen LogP contribution in [0.1, 0.15) is 92.9 Å². The molecule has 5 rings (SSSR count). The minimum atomic E-state index is 0.0132. The first-order chi connectivity index (χ1) is 24.0. The van der Waals surface area contributed by atoms with Crippen LogP contribution in [-0.2, 0) is 9.59 Å². The van der Waals surface area contributed by atoms with Crippen LogP contribution in [-0.4, -0.2) is 73.0 Å². The number of rotatable bonds is 13. The van der Waals surface area contributed by atoms with Gasteiger partial charge in [-0.1, -0.05) is 90.5 Å². The van der Waals surface area contributed by atoms with Gasteiger partial charge in [0, 0.05) is 42.2 Å². The third kappa shape index (κ3) is 10.2. The molecule has 2 amide bonds. The van der Waals surface area contributed by atoms with E-state index in [1.54, 1.807) is 0 Å². The topological polar surface area (TPSA) is 64.7 Å². The highest BCUT2D eigenvalue weighted by Gasteiger charge is 2.38. The van der Waals surface area contributed by atoms with Gasteiger partial charge in [-0.3, -0.25) is 9.59 Å². The molecule has 0 bridgehead atoms. The van der Waals surface area contributed by atoms with Crippen molar-refractivity contribution in [1.82, 2.24) is 20.4 Å². The Kier molecular flexibility index (Phi) is 13.5. The van der Waals surface area contributed by atoms with Crippen LogP contribution in [0.5, 0.6) is 0 Å². The summed E-state index contributed by atoms with van der Waals surface area (Å²) >= 11 is 0. The highest BCUT2D eigenvalue weighted by Crippen LogP contribution is 2.42. The van der Waals surface area contributed by atoms with Gasteiger partial charge in [0.15, 0.2) is 0 Å². The normalized spacial score (nSPS) is 31.6. The number of hydrogen-bond donors (Lipinski definition) is 2. The standard InChI is InChI=1S/C44H64N4O2/c1-32(12-7-15-35(4)42(49)45-30-37-20-26-47-24-10-17-40(37)47)14-9-22-44(6)23-19-34(3)29-39(44)28-33(2)13-8-16-36(5)43(50)46-31-38-21-27-48-25-11-18-41(38)48/h7-9,12-16,22,28-29,37-41H,10-11,17-21,23-27,30-31H2,1-6H3,(H,45,49)(H,46,50). The van der Waals surface area contributed by atoms with E-state index in [-0.39, 0.29) is 17.2 Å². The molecule has 0 radical (unpaired) electrons. The molecule has 6 unspecified atom stereocenters. The number of fused-ring (bicyclic) bond motifs is 2. The lowest BCUT2D eigenvalue weighted by Gasteiger charge is -2.36. The smallest absolute Gasteiger partial charge is 0.246 e. The average Bonchev–Trinajstić information content (AvgIpc) is 3.89. The Bertz CT molecular complexity index is 1470. The van der Waals surface area contributed by atoms with Crippen LogP contribution < -0.4 is 10.6 Å². The van der Waals surface area contributed by atoms with Crippen LogP contribution in [0.25, 0.3) is 0 Å². The van der Waals surface area contributed by atoms with E-state index >= 15 is 0 Å². The van der Waals surface area contributed by atoms with Gasteiger partial charge in [0.1, 0.15) is 0 Å². The van der Waals surface area contributed by atoms with Crippen molar-refractivity contribution >= 4 is 11.8 Å². The maximum atomic E-state index is 12.8. The molecule has 0 spiro atoms. The molecular formula is C44H64N4O2. The molecule has 0 aromatic carbocycles. The summed E-state index contributed by atoms with van der Waals surface area (Å²) in [4.78, 5) is 30.7. The quantitative estimate of drug-likeness (QED) is 0.118. The van der Waals surface area contributed by atoms with Crippen molar-refractivity contribution < 1.29 is 9.59 Å². The minimum Gasteiger partial charge on any atom is -0.352 e. The highest BCUT2D eigenvalue weighted by atomic mass is 16.2. The predicted molar refractivity (Wildman–Crippen MR) is 208 cm³/mol. The van der Waals surface area contributed by atoms with Gasteiger partial charge in [-0.05, 0) is 129 Å². The van der Waals surface area contributed by atoms with Crippen molar-refractivity contribution in [2.24, 2.45) is 23.2 Å². The van der Waals surface area contributed by atoms with Crippen molar-refractivity contribution in [1.29, 1.82) is 0 Å². The number of amides is 2. The van der Waals surface area contributed by atoms with Crippen LogP contribution in [0.2, 0.25) is 0 Å². The summed E-state index contributed by atoms with van der Waals surface area (Å²) in [7, 11) is 0. The molecule has 4 heterocycles. The lowest BCUT2D eigenvalue weighted by molar-refractivity contribution is -0.118. The van der Waals surface area contributed by atoms with E-state index in [0.29, 0.717) is 29.8 Å². The second-order valence-electron chi connectivity index (χ2n) is 16.2. The Balaban J connectivity index is 1.10. The summed E-state index contributed by atoms with van der Waals surface area (Å²) in [5.74, 6) is 1.56. The van der Waals surface area contributed by atoms with E-state index < -0.39 is 0 Å². The van der Waals surface area contributed by atoms with Gasteiger partial charge < -0.3 is 20.4 Å². The van der Waals surface area contributed by atoms with Gasteiger partial charge in [0.25, 0.3) is 0 Å².